The third-order valence-electron chi connectivity index (χ3n) is 7.06. The fourth-order valence-corrected chi connectivity index (χ4v) is 5.05. The summed E-state index contributed by atoms with van der Waals surface area (Å²) in [5.74, 6) is 0.616. The summed E-state index contributed by atoms with van der Waals surface area (Å²) >= 11 is 0. The van der Waals surface area contributed by atoms with Crippen LogP contribution in [0, 0.1) is 5.41 Å². The molecular weight excluding hydrogens is 456 g/mol. The van der Waals surface area contributed by atoms with E-state index in [0.717, 1.165) is 46.9 Å². The van der Waals surface area contributed by atoms with Crippen LogP contribution in [-0.2, 0) is 11.8 Å². The molecule has 190 valence electrons. The highest BCUT2D eigenvalue weighted by atomic mass is 16.5. The van der Waals surface area contributed by atoms with Gasteiger partial charge < -0.3 is 14.4 Å². The van der Waals surface area contributed by atoms with Crippen molar-refractivity contribution in [1.29, 1.82) is 0 Å². The van der Waals surface area contributed by atoms with Gasteiger partial charge in [0.15, 0.2) is 5.65 Å². The minimum Gasteiger partial charge on any atom is -0.478 e. The molecule has 0 saturated carbocycles. The van der Waals surface area contributed by atoms with E-state index in [2.05, 4.69) is 54.1 Å². The molecule has 4 heterocycles. The molecule has 5 rings (SSSR count). The van der Waals surface area contributed by atoms with Crippen LogP contribution in [0.3, 0.4) is 0 Å². The Morgan fingerprint density at radius 2 is 1.97 bits per heavy atom. The Balaban J connectivity index is 1.54. The molecule has 9 heteroatoms. The highest BCUT2D eigenvalue weighted by Gasteiger charge is 2.37. The number of aryl methyl sites for hydroxylation is 1. The second kappa shape index (κ2) is 9.63. The summed E-state index contributed by atoms with van der Waals surface area (Å²) in [5, 5.41) is 9.75. The molecule has 1 aromatic carbocycles. The number of fused-ring (bicyclic) bond motifs is 3. The number of hydrogen-bond acceptors (Lipinski definition) is 7. The van der Waals surface area contributed by atoms with Gasteiger partial charge >= 0.3 is 5.69 Å². The molecule has 1 saturated heterocycles. The Morgan fingerprint density at radius 3 is 2.69 bits per heavy atom. The Labute approximate surface area is 210 Å². The topological polar surface area (TPSA) is 87.3 Å². The number of rotatable bonds is 7. The fraction of sp³-hybridized carbons (Fsp3) is 0.481. The van der Waals surface area contributed by atoms with Crippen molar-refractivity contribution in [3.05, 3.63) is 47.0 Å². The lowest BCUT2D eigenvalue weighted by Gasteiger charge is -2.38. The van der Waals surface area contributed by atoms with E-state index in [1.165, 1.54) is 0 Å². The number of nitrogens with zero attached hydrogens (tertiary/aromatic N) is 6. The van der Waals surface area contributed by atoms with Crippen molar-refractivity contribution in [3.8, 4) is 17.0 Å². The van der Waals surface area contributed by atoms with E-state index in [-0.39, 0.29) is 17.1 Å². The average Bonchev–Trinajstić information content (AvgIpc) is 3.12. The summed E-state index contributed by atoms with van der Waals surface area (Å²) in [7, 11) is 5.86. The molecule has 0 aliphatic carbocycles. The maximum Gasteiger partial charge on any atom is 0.330 e. The predicted octanol–water partition coefficient (Wildman–Crippen LogP) is 3.66. The Hall–Kier alpha value is -3.30. The fourth-order valence-electron chi connectivity index (χ4n) is 5.05. The van der Waals surface area contributed by atoms with E-state index in [9.17, 15) is 4.79 Å². The predicted molar refractivity (Wildman–Crippen MR) is 140 cm³/mol. The molecule has 1 atom stereocenters. The summed E-state index contributed by atoms with van der Waals surface area (Å²) < 4.78 is 15.0. The molecule has 0 bridgehead atoms. The third-order valence-corrected chi connectivity index (χ3v) is 7.06. The number of hydrogen-bond donors (Lipinski definition) is 0. The second-order valence-corrected chi connectivity index (χ2v) is 10.6. The SMILES string of the molecule is CN(C)CCCOc1ccc(-c2ccc3nnc4c(c3c2)n(C2CCOCC2(C)C)c(=O)n4C)cn1. The van der Waals surface area contributed by atoms with Gasteiger partial charge in [-0.3, -0.25) is 9.13 Å². The molecule has 4 aromatic rings. The minimum absolute atomic E-state index is 0.00380. The number of benzene rings is 1. The molecule has 0 spiro atoms. The van der Waals surface area contributed by atoms with Crippen LogP contribution in [0.25, 0.3) is 33.2 Å². The van der Waals surface area contributed by atoms with Crippen LogP contribution in [0.1, 0.15) is 32.7 Å². The number of aromatic nitrogens is 5. The molecule has 0 amide bonds. The normalized spacial score (nSPS) is 17.8. The van der Waals surface area contributed by atoms with Gasteiger partial charge in [0.1, 0.15) is 5.52 Å². The first-order valence-corrected chi connectivity index (χ1v) is 12.5. The van der Waals surface area contributed by atoms with E-state index in [1.54, 1.807) is 11.6 Å². The first-order valence-electron chi connectivity index (χ1n) is 12.5. The molecule has 1 fully saturated rings. The van der Waals surface area contributed by atoms with Crippen LogP contribution in [0.5, 0.6) is 5.88 Å². The molecule has 1 aliphatic heterocycles. The second-order valence-electron chi connectivity index (χ2n) is 10.6. The molecular formula is C27H34N6O3. The van der Waals surface area contributed by atoms with Gasteiger partial charge in [0.05, 0.1) is 18.7 Å². The molecule has 1 aliphatic rings. The van der Waals surface area contributed by atoms with Crippen LogP contribution in [0.15, 0.2) is 41.3 Å². The van der Waals surface area contributed by atoms with Gasteiger partial charge in [-0.15, -0.1) is 10.2 Å². The summed E-state index contributed by atoms with van der Waals surface area (Å²) in [5.41, 5.74) is 3.88. The van der Waals surface area contributed by atoms with Crippen molar-refractivity contribution in [2.75, 3.05) is 40.5 Å². The lowest BCUT2D eigenvalue weighted by molar-refractivity contribution is -0.0253. The maximum atomic E-state index is 13.4. The van der Waals surface area contributed by atoms with E-state index in [1.807, 2.05) is 35.0 Å². The molecule has 1 unspecified atom stereocenters. The highest BCUT2D eigenvalue weighted by molar-refractivity contribution is 6.02. The molecule has 0 N–H and O–H groups in total. The highest BCUT2D eigenvalue weighted by Crippen LogP contribution is 2.39. The Bertz CT molecular complexity index is 1440. The zero-order valence-electron chi connectivity index (χ0n) is 21.7. The summed E-state index contributed by atoms with van der Waals surface area (Å²) in [6.45, 7) is 7.15. The summed E-state index contributed by atoms with van der Waals surface area (Å²) in [6.07, 6.45) is 3.55. The van der Waals surface area contributed by atoms with Gasteiger partial charge in [-0.25, -0.2) is 9.78 Å². The Morgan fingerprint density at radius 1 is 1.17 bits per heavy atom. The van der Waals surface area contributed by atoms with E-state index in [4.69, 9.17) is 9.47 Å². The van der Waals surface area contributed by atoms with Gasteiger partial charge in [-0.2, -0.15) is 0 Å². The zero-order valence-corrected chi connectivity index (χ0v) is 21.7. The Kier molecular flexibility index (Phi) is 6.53. The van der Waals surface area contributed by atoms with Crippen molar-refractivity contribution in [3.63, 3.8) is 0 Å². The van der Waals surface area contributed by atoms with Crippen LogP contribution in [-0.4, -0.2) is 69.7 Å². The van der Waals surface area contributed by atoms with Gasteiger partial charge in [0.25, 0.3) is 0 Å². The zero-order chi connectivity index (χ0) is 25.4. The van der Waals surface area contributed by atoms with Gasteiger partial charge in [-0.05, 0) is 50.7 Å². The number of ether oxygens (including phenoxy) is 2. The van der Waals surface area contributed by atoms with Crippen LogP contribution in [0.2, 0.25) is 0 Å². The van der Waals surface area contributed by atoms with Crippen molar-refractivity contribution in [2.24, 2.45) is 12.5 Å². The number of imidazole rings is 1. The molecule has 3 aromatic heterocycles. The standard InChI is InChI=1S/C27H34N6O3/c1-27(2)17-35-14-11-22(27)33-24-20-15-18(7-9-21(20)29-30-25(24)32(5)26(33)34)19-8-10-23(28-16-19)36-13-6-12-31(3)4/h7-10,15-16,22H,6,11-14,17H2,1-5H3. The van der Waals surface area contributed by atoms with Crippen LogP contribution < -0.4 is 10.4 Å². The van der Waals surface area contributed by atoms with E-state index < -0.39 is 0 Å². The van der Waals surface area contributed by atoms with Gasteiger partial charge in [0, 0.05) is 54.9 Å². The van der Waals surface area contributed by atoms with E-state index in [0.29, 0.717) is 31.3 Å². The lowest BCUT2D eigenvalue weighted by Crippen LogP contribution is -2.41. The van der Waals surface area contributed by atoms with E-state index >= 15 is 0 Å². The lowest BCUT2D eigenvalue weighted by atomic mass is 9.81. The van der Waals surface area contributed by atoms with Crippen molar-refractivity contribution in [2.45, 2.75) is 32.7 Å². The largest absolute Gasteiger partial charge is 0.478 e. The monoisotopic (exact) mass is 490 g/mol. The van der Waals surface area contributed by atoms with Crippen molar-refractivity contribution in [1.82, 2.24) is 29.2 Å². The third kappa shape index (κ3) is 4.49. The van der Waals surface area contributed by atoms with Crippen molar-refractivity contribution >= 4 is 22.1 Å². The average molecular weight is 491 g/mol. The summed E-state index contributed by atoms with van der Waals surface area (Å²) in [4.78, 5) is 20.1. The van der Waals surface area contributed by atoms with Gasteiger partial charge in [-0.1, -0.05) is 19.9 Å². The molecule has 9 nitrogen and oxygen atoms in total. The maximum absolute atomic E-state index is 13.4. The van der Waals surface area contributed by atoms with Crippen LogP contribution in [0.4, 0.5) is 0 Å². The quantitative estimate of drug-likeness (QED) is 0.365. The molecule has 0 radical (unpaired) electrons. The summed E-state index contributed by atoms with van der Waals surface area (Å²) in [6, 6.07) is 9.98. The first kappa shape index (κ1) is 24.4. The van der Waals surface area contributed by atoms with Crippen LogP contribution >= 0.6 is 0 Å². The molecule has 36 heavy (non-hydrogen) atoms. The minimum atomic E-state index is -0.185. The number of pyridine rings is 1. The van der Waals surface area contributed by atoms with Gasteiger partial charge in [0.2, 0.25) is 5.88 Å². The van der Waals surface area contributed by atoms with Crippen molar-refractivity contribution < 1.29 is 9.47 Å². The first-order chi connectivity index (χ1) is 17.3. The smallest absolute Gasteiger partial charge is 0.330 e.